The van der Waals surface area contributed by atoms with Crippen LogP contribution in [0.25, 0.3) is 0 Å². The molecule has 15 heavy (non-hydrogen) atoms. The summed E-state index contributed by atoms with van der Waals surface area (Å²) in [7, 11) is 0. The summed E-state index contributed by atoms with van der Waals surface area (Å²) in [6.45, 7) is 2.17. The molecule has 0 aliphatic heterocycles. The average molecular weight is 209 g/mol. The van der Waals surface area contributed by atoms with Crippen molar-refractivity contribution in [3.8, 4) is 0 Å². The Balaban J connectivity index is 2.37. The molecule has 0 spiro atoms. The molecule has 0 heterocycles. The first-order chi connectivity index (χ1) is 7.24. The van der Waals surface area contributed by atoms with E-state index >= 15 is 0 Å². The van der Waals surface area contributed by atoms with Crippen LogP contribution in [0.2, 0.25) is 0 Å². The van der Waals surface area contributed by atoms with Crippen molar-refractivity contribution >= 4 is 0 Å². The third-order valence-electron chi connectivity index (χ3n) is 2.62. The molecule has 1 unspecified atom stereocenters. The van der Waals surface area contributed by atoms with Crippen molar-refractivity contribution in [2.45, 2.75) is 45.1 Å². The van der Waals surface area contributed by atoms with E-state index in [9.17, 15) is 4.39 Å². The minimum atomic E-state index is -0.136. The maximum Gasteiger partial charge on any atom is 0.126 e. The number of benzene rings is 1. The van der Waals surface area contributed by atoms with Crippen LogP contribution in [0.1, 0.15) is 38.2 Å². The molecular formula is C13H20FN. The van der Waals surface area contributed by atoms with Crippen LogP contribution in [0.5, 0.6) is 0 Å². The van der Waals surface area contributed by atoms with Gasteiger partial charge in [0, 0.05) is 6.04 Å². The number of nitrogens with two attached hydrogens (primary N) is 1. The van der Waals surface area contributed by atoms with E-state index in [0.717, 1.165) is 18.4 Å². The Kier molecular flexibility index (Phi) is 5.33. The molecule has 0 radical (unpaired) electrons. The van der Waals surface area contributed by atoms with E-state index in [1.165, 1.54) is 18.9 Å². The Morgan fingerprint density at radius 1 is 1.27 bits per heavy atom. The van der Waals surface area contributed by atoms with Crippen LogP contribution in [0.3, 0.4) is 0 Å². The zero-order valence-electron chi connectivity index (χ0n) is 9.38. The van der Waals surface area contributed by atoms with Crippen molar-refractivity contribution in [1.82, 2.24) is 0 Å². The largest absolute Gasteiger partial charge is 0.327 e. The molecule has 0 aromatic heterocycles. The van der Waals surface area contributed by atoms with Crippen LogP contribution >= 0.6 is 0 Å². The van der Waals surface area contributed by atoms with Gasteiger partial charge in [-0.15, -0.1) is 0 Å². The summed E-state index contributed by atoms with van der Waals surface area (Å²) >= 11 is 0. The van der Waals surface area contributed by atoms with Crippen molar-refractivity contribution < 1.29 is 4.39 Å². The average Bonchev–Trinajstić information content (AvgIpc) is 2.22. The second-order valence-electron chi connectivity index (χ2n) is 4.05. The molecule has 84 valence electrons. The van der Waals surface area contributed by atoms with E-state index in [4.69, 9.17) is 5.73 Å². The second kappa shape index (κ2) is 6.57. The fraction of sp³-hybridized carbons (Fsp3) is 0.538. The summed E-state index contributed by atoms with van der Waals surface area (Å²) in [5, 5.41) is 0. The lowest BCUT2D eigenvalue weighted by molar-refractivity contribution is 0.538. The van der Waals surface area contributed by atoms with Gasteiger partial charge in [-0.05, 0) is 24.5 Å². The molecule has 0 saturated heterocycles. The fourth-order valence-electron chi connectivity index (χ4n) is 1.70. The standard InChI is InChI=1S/C13H20FN/c1-2-3-4-8-12(15)10-11-7-5-6-9-13(11)14/h5-7,9,12H,2-4,8,10,15H2,1H3. The van der Waals surface area contributed by atoms with Gasteiger partial charge in [0.15, 0.2) is 0 Å². The summed E-state index contributed by atoms with van der Waals surface area (Å²) in [4.78, 5) is 0. The first-order valence-electron chi connectivity index (χ1n) is 5.73. The molecule has 1 aromatic carbocycles. The number of hydrogen-bond donors (Lipinski definition) is 1. The van der Waals surface area contributed by atoms with Crippen molar-refractivity contribution in [2.75, 3.05) is 0 Å². The van der Waals surface area contributed by atoms with Crippen LogP contribution in [0, 0.1) is 5.82 Å². The summed E-state index contributed by atoms with van der Waals surface area (Å²) in [5.74, 6) is -0.136. The van der Waals surface area contributed by atoms with E-state index < -0.39 is 0 Å². The van der Waals surface area contributed by atoms with Gasteiger partial charge in [-0.25, -0.2) is 4.39 Å². The first kappa shape index (κ1) is 12.2. The highest BCUT2D eigenvalue weighted by Gasteiger charge is 2.07. The Labute approximate surface area is 91.5 Å². The Bertz CT molecular complexity index is 286. The van der Waals surface area contributed by atoms with E-state index in [0.29, 0.717) is 6.42 Å². The lowest BCUT2D eigenvalue weighted by Crippen LogP contribution is -2.23. The van der Waals surface area contributed by atoms with Gasteiger partial charge in [-0.3, -0.25) is 0 Å². The highest BCUT2D eigenvalue weighted by atomic mass is 19.1. The van der Waals surface area contributed by atoms with Gasteiger partial charge in [-0.2, -0.15) is 0 Å². The smallest absolute Gasteiger partial charge is 0.126 e. The molecule has 2 N–H and O–H groups in total. The molecule has 0 aliphatic carbocycles. The van der Waals surface area contributed by atoms with Gasteiger partial charge in [0.05, 0.1) is 0 Å². The maximum atomic E-state index is 13.3. The van der Waals surface area contributed by atoms with Gasteiger partial charge in [-0.1, -0.05) is 44.4 Å². The molecule has 0 aliphatic rings. The third kappa shape index (κ3) is 4.43. The summed E-state index contributed by atoms with van der Waals surface area (Å²) in [6.07, 6.45) is 5.20. The summed E-state index contributed by atoms with van der Waals surface area (Å²) in [5.41, 5.74) is 6.69. The monoisotopic (exact) mass is 209 g/mol. The molecule has 1 rings (SSSR count). The SMILES string of the molecule is CCCCCC(N)Cc1ccccc1F. The van der Waals surface area contributed by atoms with E-state index in [1.807, 2.05) is 12.1 Å². The van der Waals surface area contributed by atoms with Crippen LogP contribution in [-0.4, -0.2) is 6.04 Å². The summed E-state index contributed by atoms with van der Waals surface area (Å²) in [6, 6.07) is 6.97. The maximum absolute atomic E-state index is 13.3. The molecule has 2 heteroatoms. The normalized spacial score (nSPS) is 12.7. The predicted molar refractivity (Wildman–Crippen MR) is 62.2 cm³/mol. The van der Waals surface area contributed by atoms with E-state index in [2.05, 4.69) is 6.92 Å². The predicted octanol–water partition coefficient (Wildman–Crippen LogP) is 3.28. The van der Waals surface area contributed by atoms with Crippen molar-refractivity contribution in [2.24, 2.45) is 5.73 Å². The fourth-order valence-corrected chi connectivity index (χ4v) is 1.70. The van der Waals surface area contributed by atoms with Gasteiger partial charge in [0.1, 0.15) is 5.82 Å². The number of rotatable bonds is 6. The first-order valence-corrected chi connectivity index (χ1v) is 5.73. The minimum Gasteiger partial charge on any atom is -0.327 e. The Morgan fingerprint density at radius 2 is 2.00 bits per heavy atom. The molecule has 1 aromatic rings. The van der Waals surface area contributed by atoms with Gasteiger partial charge in [0.2, 0.25) is 0 Å². The third-order valence-corrected chi connectivity index (χ3v) is 2.62. The minimum absolute atomic E-state index is 0.0912. The molecular weight excluding hydrogens is 189 g/mol. The van der Waals surface area contributed by atoms with Gasteiger partial charge >= 0.3 is 0 Å². The highest BCUT2D eigenvalue weighted by molar-refractivity contribution is 5.18. The van der Waals surface area contributed by atoms with Crippen molar-refractivity contribution in [3.05, 3.63) is 35.6 Å². The highest BCUT2D eigenvalue weighted by Crippen LogP contribution is 2.11. The number of unbranched alkanes of at least 4 members (excludes halogenated alkanes) is 2. The topological polar surface area (TPSA) is 26.0 Å². The zero-order valence-corrected chi connectivity index (χ0v) is 9.38. The molecule has 0 saturated carbocycles. The second-order valence-corrected chi connectivity index (χ2v) is 4.05. The summed E-state index contributed by atoms with van der Waals surface area (Å²) < 4.78 is 13.3. The van der Waals surface area contributed by atoms with Crippen LogP contribution < -0.4 is 5.73 Å². The van der Waals surface area contributed by atoms with Crippen molar-refractivity contribution in [1.29, 1.82) is 0 Å². The number of hydrogen-bond acceptors (Lipinski definition) is 1. The zero-order chi connectivity index (χ0) is 11.1. The number of halogens is 1. The molecule has 0 fully saturated rings. The van der Waals surface area contributed by atoms with Crippen LogP contribution in [0.4, 0.5) is 4.39 Å². The molecule has 1 atom stereocenters. The Morgan fingerprint density at radius 3 is 2.67 bits per heavy atom. The lowest BCUT2D eigenvalue weighted by Gasteiger charge is -2.11. The van der Waals surface area contributed by atoms with Crippen molar-refractivity contribution in [3.63, 3.8) is 0 Å². The molecule has 1 nitrogen and oxygen atoms in total. The Hall–Kier alpha value is -0.890. The van der Waals surface area contributed by atoms with Gasteiger partial charge in [0.25, 0.3) is 0 Å². The van der Waals surface area contributed by atoms with E-state index in [1.54, 1.807) is 6.07 Å². The van der Waals surface area contributed by atoms with Crippen LogP contribution in [-0.2, 0) is 6.42 Å². The molecule has 0 amide bonds. The quantitative estimate of drug-likeness (QED) is 0.715. The van der Waals surface area contributed by atoms with Gasteiger partial charge < -0.3 is 5.73 Å². The van der Waals surface area contributed by atoms with E-state index in [-0.39, 0.29) is 11.9 Å². The van der Waals surface area contributed by atoms with Crippen LogP contribution in [0.15, 0.2) is 24.3 Å². The molecule has 0 bridgehead atoms. The lowest BCUT2D eigenvalue weighted by atomic mass is 10.0.